The molecule has 0 fully saturated rings. The smallest absolute Gasteiger partial charge is 0.463 e. The third-order valence-corrected chi connectivity index (χ3v) is 11.7. The highest BCUT2D eigenvalue weighted by molar-refractivity contribution is 7.47. The average molecular weight is 830 g/mol. The topological polar surface area (TPSA) is 131 Å². The third-order valence-electron chi connectivity index (χ3n) is 10.7. The summed E-state index contributed by atoms with van der Waals surface area (Å²) in [7, 11) is -4.41. The van der Waals surface area contributed by atoms with Gasteiger partial charge in [-0.15, -0.1) is 0 Å². The zero-order valence-electron chi connectivity index (χ0n) is 37.3. The molecular weight excluding hydrogens is 737 g/mol. The van der Waals surface area contributed by atoms with Gasteiger partial charge >= 0.3 is 13.8 Å². The Labute approximate surface area is 351 Å². The Balaban J connectivity index is 3.53. The SMILES string of the molecule is CCCCCCCC/C=C/CCCCCCCCCCCCCC(=O)NCCOP(=O)(O)OCC(O)COC(=O)CCCCCCCCCCCCCCCCC. The fourth-order valence-electron chi connectivity index (χ4n) is 7.02. The van der Waals surface area contributed by atoms with E-state index in [0.29, 0.717) is 6.42 Å². The van der Waals surface area contributed by atoms with Gasteiger partial charge in [-0.1, -0.05) is 206 Å². The number of nitrogens with one attached hydrogen (secondary N) is 1. The van der Waals surface area contributed by atoms with Crippen molar-refractivity contribution in [1.29, 1.82) is 0 Å². The van der Waals surface area contributed by atoms with Crippen LogP contribution in [0.4, 0.5) is 0 Å². The molecule has 338 valence electrons. The molecule has 10 heteroatoms. The van der Waals surface area contributed by atoms with E-state index < -0.39 is 26.5 Å². The van der Waals surface area contributed by atoms with Crippen molar-refractivity contribution in [1.82, 2.24) is 5.32 Å². The van der Waals surface area contributed by atoms with Crippen LogP contribution in [0.15, 0.2) is 12.2 Å². The largest absolute Gasteiger partial charge is 0.472 e. The molecule has 0 rings (SSSR count). The first-order chi connectivity index (χ1) is 27.8. The number of unbranched alkanes of at least 4 members (excludes halogenated alkanes) is 31. The summed E-state index contributed by atoms with van der Waals surface area (Å²) in [5.74, 6) is -0.505. The van der Waals surface area contributed by atoms with E-state index in [0.717, 1.165) is 38.5 Å². The molecule has 0 aromatic rings. The molecule has 2 atom stereocenters. The lowest BCUT2D eigenvalue weighted by atomic mass is 10.0. The summed E-state index contributed by atoms with van der Waals surface area (Å²) in [4.78, 5) is 34.0. The number of aliphatic hydroxyl groups excluding tert-OH is 1. The second-order valence-corrected chi connectivity index (χ2v) is 17.9. The molecule has 3 N–H and O–H groups in total. The molecular formula is C47H92NO8P. The van der Waals surface area contributed by atoms with Crippen LogP contribution in [0, 0.1) is 0 Å². The lowest BCUT2D eigenvalue weighted by Gasteiger charge is -2.15. The minimum Gasteiger partial charge on any atom is -0.463 e. The van der Waals surface area contributed by atoms with Gasteiger partial charge in [0.2, 0.25) is 5.91 Å². The van der Waals surface area contributed by atoms with Crippen LogP contribution in [0.3, 0.4) is 0 Å². The normalized spacial score (nSPS) is 13.3. The first-order valence-electron chi connectivity index (χ1n) is 24.2. The van der Waals surface area contributed by atoms with Crippen molar-refractivity contribution in [3.8, 4) is 0 Å². The molecule has 57 heavy (non-hydrogen) atoms. The monoisotopic (exact) mass is 830 g/mol. The fourth-order valence-corrected chi connectivity index (χ4v) is 7.78. The number of hydrogen-bond acceptors (Lipinski definition) is 7. The minimum atomic E-state index is -4.41. The van der Waals surface area contributed by atoms with Crippen molar-refractivity contribution in [2.24, 2.45) is 0 Å². The lowest BCUT2D eigenvalue weighted by molar-refractivity contribution is -0.147. The van der Waals surface area contributed by atoms with Crippen molar-refractivity contribution in [3.63, 3.8) is 0 Å². The summed E-state index contributed by atoms with van der Waals surface area (Å²) >= 11 is 0. The molecule has 2 unspecified atom stereocenters. The van der Waals surface area contributed by atoms with Gasteiger partial charge in [-0.3, -0.25) is 18.6 Å². The van der Waals surface area contributed by atoms with E-state index in [1.54, 1.807) is 0 Å². The number of amides is 1. The maximum Gasteiger partial charge on any atom is 0.472 e. The van der Waals surface area contributed by atoms with Gasteiger partial charge in [0.05, 0.1) is 13.2 Å². The van der Waals surface area contributed by atoms with Crippen molar-refractivity contribution in [3.05, 3.63) is 12.2 Å². The highest BCUT2D eigenvalue weighted by Gasteiger charge is 2.23. The van der Waals surface area contributed by atoms with E-state index in [2.05, 4.69) is 31.3 Å². The Hall–Kier alpha value is -1.25. The molecule has 0 aliphatic rings. The lowest BCUT2D eigenvalue weighted by Crippen LogP contribution is -2.27. The van der Waals surface area contributed by atoms with Crippen LogP contribution < -0.4 is 5.32 Å². The molecule has 0 aromatic heterocycles. The molecule has 9 nitrogen and oxygen atoms in total. The van der Waals surface area contributed by atoms with Crippen LogP contribution in [-0.2, 0) is 27.9 Å². The number of phosphoric acid groups is 1. The molecule has 0 saturated carbocycles. The zero-order chi connectivity index (χ0) is 41.8. The van der Waals surface area contributed by atoms with Gasteiger partial charge in [0.15, 0.2) is 0 Å². The van der Waals surface area contributed by atoms with Crippen molar-refractivity contribution in [2.75, 3.05) is 26.4 Å². The fraction of sp³-hybridized carbons (Fsp3) is 0.915. The quantitative estimate of drug-likeness (QED) is 0.0239. The van der Waals surface area contributed by atoms with E-state index in [1.165, 1.54) is 180 Å². The van der Waals surface area contributed by atoms with Crippen LogP contribution in [0.5, 0.6) is 0 Å². The molecule has 0 bridgehead atoms. The summed E-state index contributed by atoms with van der Waals surface area (Å²) < 4.78 is 26.9. The van der Waals surface area contributed by atoms with E-state index in [1.807, 2.05) is 0 Å². The Kier molecular flexibility index (Phi) is 43.3. The van der Waals surface area contributed by atoms with E-state index in [-0.39, 0.29) is 32.1 Å². The minimum absolute atomic E-state index is 0.0855. The Bertz CT molecular complexity index is 948. The van der Waals surface area contributed by atoms with Crippen molar-refractivity contribution < 1.29 is 37.9 Å². The number of esters is 1. The van der Waals surface area contributed by atoms with Gasteiger partial charge in [0, 0.05) is 19.4 Å². The number of phosphoric ester groups is 1. The molecule has 0 radical (unpaired) electrons. The molecule has 0 aliphatic heterocycles. The molecule has 0 heterocycles. The summed E-state index contributed by atoms with van der Waals surface area (Å²) in [6, 6.07) is 0. The van der Waals surface area contributed by atoms with Gasteiger partial charge < -0.3 is 20.1 Å². The summed E-state index contributed by atoms with van der Waals surface area (Å²) in [5.41, 5.74) is 0. The van der Waals surface area contributed by atoms with E-state index in [9.17, 15) is 24.2 Å². The maximum atomic E-state index is 12.1. The first-order valence-corrected chi connectivity index (χ1v) is 25.7. The standard InChI is InChI=1S/C47H92NO8P/c1-3-5-7-9-11-13-15-17-19-20-21-22-23-24-26-27-29-31-33-35-37-39-46(50)48-41-42-55-57(52,53)56-44-45(49)43-54-47(51)40-38-36-34-32-30-28-25-18-16-14-12-10-8-6-4-2/h17,19,45,49H,3-16,18,20-44H2,1-2H3,(H,48,50)(H,52,53)/b19-17+. The number of allylic oxidation sites excluding steroid dienone is 2. The molecule has 1 amide bonds. The average Bonchev–Trinajstić information content (AvgIpc) is 3.20. The molecule has 0 spiro atoms. The number of carbonyl (C=O) groups excluding carboxylic acids is 2. The number of aliphatic hydroxyl groups is 1. The predicted octanol–water partition coefficient (Wildman–Crippen LogP) is 13.8. The van der Waals surface area contributed by atoms with Gasteiger partial charge in [-0.2, -0.15) is 0 Å². The van der Waals surface area contributed by atoms with E-state index in [4.69, 9.17) is 13.8 Å². The van der Waals surface area contributed by atoms with Gasteiger partial charge in [0.25, 0.3) is 0 Å². The molecule has 0 aromatic carbocycles. The highest BCUT2D eigenvalue weighted by Crippen LogP contribution is 2.42. The Morgan fingerprint density at radius 2 is 0.895 bits per heavy atom. The number of hydrogen-bond donors (Lipinski definition) is 3. The van der Waals surface area contributed by atoms with Gasteiger partial charge in [0.1, 0.15) is 12.7 Å². The molecule has 0 aliphatic carbocycles. The molecule has 0 saturated heterocycles. The van der Waals surface area contributed by atoms with Crippen LogP contribution in [0.2, 0.25) is 0 Å². The second-order valence-electron chi connectivity index (χ2n) is 16.4. The predicted molar refractivity (Wildman–Crippen MR) is 238 cm³/mol. The summed E-state index contributed by atoms with van der Waals surface area (Å²) in [6.07, 6.45) is 47.2. The Morgan fingerprint density at radius 3 is 1.32 bits per heavy atom. The van der Waals surface area contributed by atoms with Crippen LogP contribution in [-0.4, -0.2) is 54.3 Å². The number of ether oxygens (including phenoxy) is 1. The highest BCUT2D eigenvalue weighted by atomic mass is 31.2. The van der Waals surface area contributed by atoms with Gasteiger partial charge in [-0.05, 0) is 38.5 Å². The Morgan fingerprint density at radius 1 is 0.526 bits per heavy atom. The van der Waals surface area contributed by atoms with Crippen LogP contribution >= 0.6 is 7.82 Å². The maximum absolute atomic E-state index is 12.1. The zero-order valence-corrected chi connectivity index (χ0v) is 38.2. The third kappa shape index (κ3) is 45.7. The van der Waals surface area contributed by atoms with Crippen LogP contribution in [0.1, 0.15) is 245 Å². The summed E-state index contributed by atoms with van der Waals surface area (Å²) in [5, 5.41) is 12.7. The van der Waals surface area contributed by atoms with E-state index >= 15 is 0 Å². The van der Waals surface area contributed by atoms with Crippen molar-refractivity contribution in [2.45, 2.75) is 251 Å². The number of carbonyl (C=O) groups is 2. The summed E-state index contributed by atoms with van der Waals surface area (Å²) in [6.45, 7) is 3.59. The second kappa shape index (κ2) is 44.3. The van der Waals surface area contributed by atoms with Crippen molar-refractivity contribution >= 4 is 19.7 Å². The van der Waals surface area contributed by atoms with Gasteiger partial charge in [-0.25, -0.2) is 4.57 Å². The van der Waals surface area contributed by atoms with Crippen LogP contribution in [0.25, 0.3) is 0 Å². The number of rotatable bonds is 46. The first kappa shape index (κ1) is 55.8.